The van der Waals surface area contributed by atoms with Crippen LogP contribution in [0.1, 0.15) is 51.5 Å². The van der Waals surface area contributed by atoms with Crippen LogP contribution < -0.4 is 4.90 Å². The lowest BCUT2D eigenvalue weighted by atomic mass is 9.97. The van der Waals surface area contributed by atoms with Crippen LogP contribution in [0, 0.1) is 0 Å². The molecule has 0 saturated carbocycles. The smallest absolute Gasteiger partial charge is 0.303 e. The molecule has 0 bridgehead atoms. The standard InChI is InChI=1S/C16H25NO2/c1-4-10-17(11-5-2)15-8-6-14(7-9-15)13(3)12-16(18)19/h6-9,13H,4-5,10-12H2,1-3H3,(H,18,19). The van der Waals surface area contributed by atoms with Gasteiger partial charge in [-0.2, -0.15) is 0 Å². The number of carboxylic acids is 1. The first kappa shape index (κ1) is 15.5. The molecule has 1 aromatic rings. The van der Waals surface area contributed by atoms with E-state index in [9.17, 15) is 4.79 Å². The molecule has 106 valence electrons. The van der Waals surface area contributed by atoms with Crippen molar-refractivity contribution in [2.24, 2.45) is 0 Å². The molecule has 1 N–H and O–H groups in total. The Kier molecular flexibility index (Phi) is 6.40. The number of rotatable bonds is 8. The number of aliphatic carboxylic acids is 1. The molecule has 3 nitrogen and oxygen atoms in total. The van der Waals surface area contributed by atoms with E-state index in [0.717, 1.165) is 31.5 Å². The maximum Gasteiger partial charge on any atom is 0.303 e. The third-order valence-electron chi connectivity index (χ3n) is 3.30. The van der Waals surface area contributed by atoms with Gasteiger partial charge in [-0.05, 0) is 36.5 Å². The van der Waals surface area contributed by atoms with E-state index < -0.39 is 5.97 Å². The summed E-state index contributed by atoms with van der Waals surface area (Å²) >= 11 is 0. The van der Waals surface area contributed by atoms with Crippen molar-refractivity contribution < 1.29 is 9.90 Å². The summed E-state index contributed by atoms with van der Waals surface area (Å²) in [5.74, 6) is -0.674. The van der Waals surface area contributed by atoms with Crippen molar-refractivity contribution in [1.29, 1.82) is 0 Å². The molecule has 1 atom stereocenters. The number of hydrogen-bond acceptors (Lipinski definition) is 2. The minimum Gasteiger partial charge on any atom is -0.481 e. The fraction of sp³-hybridized carbons (Fsp3) is 0.562. The van der Waals surface area contributed by atoms with E-state index in [1.54, 1.807) is 0 Å². The summed E-state index contributed by atoms with van der Waals surface area (Å²) in [5, 5.41) is 8.82. The van der Waals surface area contributed by atoms with E-state index in [0.29, 0.717) is 0 Å². The molecule has 1 aromatic carbocycles. The van der Waals surface area contributed by atoms with Crippen LogP contribution in [0.15, 0.2) is 24.3 Å². The van der Waals surface area contributed by atoms with E-state index in [1.165, 1.54) is 5.69 Å². The number of anilines is 1. The molecule has 0 fully saturated rings. The second-order valence-electron chi connectivity index (χ2n) is 5.08. The Labute approximate surface area is 116 Å². The lowest BCUT2D eigenvalue weighted by Gasteiger charge is -2.24. The molecule has 0 aliphatic rings. The summed E-state index contributed by atoms with van der Waals surface area (Å²) in [4.78, 5) is 13.1. The largest absolute Gasteiger partial charge is 0.481 e. The minimum atomic E-state index is -0.741. The van der Waals surface area contributed by atoms with Gasteiger partial charge in [0.05, 0.1) is 6.42 Å². The van der Waals surface area contributed by atoms with Crippen molar-refractivity contribution in [3.63, 3.8) is 0 Å². The number of hydrogen-bond donors (Lipinski definition) is 1. The van der Waals surface area contributed by atoms with E-state index in [1.807, 2.05) is 6.92 Å². The van der Waals surface area contributed by atoms with Crippen LogP contribution in [0.5, 0.6) is 0 Å². The first-order chi connectivity index (χ1) is 9.08. The van der Waals surface area contributed by atoms with Crippen molar-refractivity contribution in [3.8, 4) is 0 Å². The maximum atomic E-state index is 10.7. The molecular formula is C16H25NO2. The Morgan fingerprint density at radius 2 is 1.68 bits per heavy atom. The predicted molar refractivity (Wildman–Crippen MR) is 79.9 cm³/mol. The number of carbonyl (C=O) groups is 1. The Morgan fingerprint density at radius 1 is 1.16 bits per heavy atom. The Hall–Kier alpha value is -1.51. The van der Waals surface area contributed by atoms with Gasteiger partial charge in [-0.3, -0.25) is 4.79 Å². The summed E-state index contributed by atoms with van der Waals surface area (Å²) in [6.07, 6.45) is 2.46. The average Bonchev–Trinajstić information content (AvgIpc) is 2.38. The fourth-order valence-electron chi connectivity index (χ4n) is 2.30. The monoisotopic (exact) mass is 263 g/mol. The highest BCUT2D eigenvalue weighted by Crippen LogP contribution is 2.23. The molecule has 1 rings (SSSR count). The summed E-state index contributed by atoms with van der Waals surface area (Å²) in [7, 11) is 0. The molecule has 0 heterocycles. The molecule has 0 saturated heterocycles. The normalized spacial score (nSPS) is 12.2. The van der Waals surface area contributed by atoms with E-state index in [4.69, 9.17) is 5.11 Å². The Bertz CT molecular complexity index is 380. The van der Waals surface area contributed by atoms with Gasteiger partial charge in [-0.15, -0.1) is 0 Å². The van der Waals surface area contributed by atoms with E-state index in [2.05, 4.69) is 43.0 Å². The summed E-state index contributed by atoms with van der Waals surface area (Å²) in [6, 6.07) is 8.33. The van der Waals surface area contributed by atoms with Crippen LogP contribution in [0.25, 0.3) is 0 Å². The minimum absolute atomic E-state index is 0.0670. The van der Waals surface area contributed by atoms with Crippen molar-refractivity contribution in [3.05, 3.63) is 29.8 Å². The van der Waals surface area contributed by atoms with Crippen molar-refractivity contribution in [2.45, 2.75) is 46.0 Å². The van der Waals surface area contributed by atoms with Gasteiger partial charge in [0.2, 0.25) is 0 Å². The molecule has 0 aliphatic heterocycles. The maximum absolute atomic E-state index is 10.7. The Balaban J connectivity index is 2.76. The first-order valence-electron chi connectivity index (χ1n) is 7.15. The Morgan fingerprint density at radius 3 is 2.11 bits per heavy atom. The lowest BCUT2D eigenvalue weighted by Crippen LogP contribution is -2.24. The molecule has 1 unspecified atom stereocenters. The SMILES string of the molecule is CCCN(CCC)c1ccc(C(C)CC(=O)O)cc1. The first-order valence-corrected chi connectivity index (χ1v) is 7.15. The van der Waals surface area contributed by atoms with Crippen LogP contribution >= 0.6 is 0 Å². The average molecular weight is 263 g/mol. The lowest BCUT2D eigenvalue weighted by molar-refractivity contribution is -0.137. The van der Waals surface area contributed by atoms with E-state index >= 15 is 0 Å². The predicted octanol–water partition coefficient (Wildman–Crippen LogP) is 3.89. The molecule has 0 radical (unpaired) electrons. The summed E-state index contributed by atoms with van der Waals surface area (Å²) < 4.78 is 0. The molecule has 19 heavy (non-hydrogen) atoms. The number of benzene rings is 1. The van der Waals surface area contributed by atoms with Crippen molar-refractivity contribution in [1.82, 2.24) is 0 Å². The van der Waals surface area contributed by atoms with Crippen LogP contribution in [0.3, 0.4) is 0 Å². The number of nitrogens with zero attached hydrogens (tertiary/aromatic N) is 1. The topological polar surface area (TPSA) is 40.5 Å². The zero-order valence-corrected chi connectivity index (χ0v) is 12.2. The molecule has 3 heteroatoms. The fourth-order valence-corrected chi connectivity index (χ4v) is 2.30. The van der Waals surface area contributed by atoms with Gasteiger partial charge in [0, 0.05) is 18.8 Å². The quantitative estimate of drug-likeness (QED) is 0.773. The zero-order valence-electron chi connectivity index (χ0n) is 12.2. The van der Waals surface area contributed by atoms with Gasteiger partial charge >= 0.3 is 5.97 Å². The second-order valence-corrected chi connectivity index (χ2v) is 5.08. The van der Waals surface area contributed by atoms with E-state index in [-0.39, 0.29) is 12.3 Å². The highest BCUT2D eigenvalue weighted by atomic mass is 16.4. The third kappa shape index (κ3) is 4.93. The summed E-state index contributed by atoms with van der Waals surface area (Å²) in [5.41, 5.74) is 2.33. The van der Waals surface area contributed by atoms with Gasteiger partial charge in [0.1, 0.15) is 0 Å². The molecular weight excluding hydrogens is 238 g/mol. The highest BCUT2D eigenvalue weighted by molar-refractivity contribution is 5.68. The van der Waals surface area contributed by atoms with Crippen molar-refractivity contribution in [2.75, 3.05) is 18.0 Å². The molecule has 0 aromatic heterocycles. The van der Waals surface area contributed by atoms with Gasteiger partial charge in [-0.1, -0.05) is 32.9 Å². The summed E-state index contributed by atoms with van der Waals surface area (Å²) in [6.45, 7) is 8.46. The van der Waals surface area contributed by atoms with Gasteiger partial charge in [0.25, 0.3) is 0 Å². The zero-order chi connectivity index (χ0) is 14.3. The molecule has 0 amide bonds. The number of carboxylic acid groups (broad SMARTS) is 1. The van der Waals surface area contributed by atoms with Gasteiger partial charge in [0.15, 0.2) is 0 Å². The van der Waals surface area contributed by atoms with Gasteiger partial charge < -0.3 is 10.0 Å². The second kappa shape index (κ2) is 7.82. The third-order valence-corrected chi connectivity index (χ3v) is 3.30. The van der Waals surface area contributed by atoms with Crippen LogP contribution in [0.2, 0.25) is 0 Å². The molecule has 0 aliphatic carbocycles. The molecule has 0 spiro atoms. The van der Waals surface area contributed by atoms with Crippen LogP contribution in [-0.4, -0.2) is 24.2 Å². The van der Waals surface area contributed by atoms with Crippen LogP contribution in [-0.2, 0) is 4.79 Å². The van der Waals surface area contributed by atoms with Gasteiger partial charge in [-0.25, -0.2) is 0 Å². The highest BCUT2D eigenvalue weighted by Gasteiger charge is 2.11. The van der Waals surface area contributed by atoms with Crippen LogP contribution in [0.4, 0.5) is 5.69 Å². The van der Waals surface area contributed by atoms with Crippen molar-refractivity contribution >= 4 is 11.7 Å².